The SMILES string of the molecule is Cc1cc(C(=O)N2CCC(C)CC2)ccc1Cl. The van der Waals surface area contributed by atoms with Crippen LogP contribution in [0.25, 0.3) is 0 Å². The van der Waals surface area contributed by atoms with Crippen LogP contribution in [-0.4, -0.2) is 23.9 Å². The van der Waals surface area contributed by atoms with E-state index in [0.29, 0.717) is 5.02 Å². The Hall–Kier alpha value is -1.02. The number of aryl methyl sites for hydroxylation is 1. The van der Waals surface area contributed by atoms with Gasteiger partial charge in [-0.15, -0.1) is 0 Å². The molecule has 3 heteroatoms. The maximum Gasteiger partial charge on any atom is 0.253 e. The summed E-state index contributed by atoms with van der Waals surface area (Å²) in [5, 5.41) is 0.716. The summed E-state index contributed by atoms with van der Waals surface area (Å²) in [6.07, 6.45) is 2.22. The molecule has 0 spiro atoms. The smallest absolute Gasteiger partial charge is 0.253 e. The molecule has 0 saturated carbocycles. The largest absolute Gasteiger partial charge is 0.339 e. The number of rotatable bonds is 1. The lowest BCUT2D eigenvalue weighted by Gasteiger charge is -2.30. The Balaban J connectivity index is 2.11. The van der Waals surface area contributed by atoms with Gasteiger partial charge >= 0.3 is 0 Å². The summed E-state index contributed by atoms with van der Waals surface area (Å²) in [6.45, 7) is 5.93. The van der Waals surface area contributed by atoms with Crippen LogP contribution in [0.3, 0.4) is 0 Å². The summed E-state index contributed by atoms with van der Waals surface area (Å²) in [6, 6.07) is 5.50. The second kappa shape index (κ2) is 5.09. The van der Waals surface area contributed by atoms with Crippen LogP contribution in [0.5, 0.6) is 0 Å². The highest BCUT2D eigenvalue weighted by Crippen LogP contribution is 2.21. The van der Waals surface area contributed by atoms with Gasteiger partial charge < -0.3 is 4.90 Å². The van der Waals surface area contributed by atoms with E-state index in [1.54, 1.807) is 6.07 Å². The first-order valence-electron chi connectivity index (χ1n) is 6.13. The van der Waals surface area contributed by atoms with Crippen LogP contribution < -0.4 is 0 Å². The molecule has 0 N–H and O–H groups in total. The first-order chi connectivity index (χ1) is 8.08. The quantitative estimate of drug-likeness (QED) is 0.748. The summed E-state index contributed by atoms with van der Waals surface area (Å²) in [5.41, 5.74) is 1.71. The van der Waals surface area contributed by atoms with Gasteiger partial charge in [0.15, 0.2) is 0 Å². The molecule has 1 aromatic rings. The number of carbonyl (C=O) groups excluding carboxylic acids is 1. The highest BCUT2D eigenvalue weighted by molar-refractivity contribution is 6.31. The molecule has 1 aliphatic heterocycles. The lowest BCUT2D eigenvalue weighted by Crippen LogP contribution is -2.37. The Kier molecular flexibility index (Phi) is 3.72. The van der Waals surface area contributed by atoms with Gasteiger partial charge in [0.25, 0.3) is 5.91 Å². The van der Waals surface area contributed by atoms with E-state index in [4.69, 9.17) is 11.6 Å². The van der Waals surface area contributed by atoms with Crippen LogP contribution >= 0.6 is 11.6 Å². The number of hydrogen-bond donors (Lipinski definition) is 0. The maximum absolute atomic E-state index is 12.3. The van der Waals surface area contributed by atoms with Gasteiger partial charge in [-0.1, -0.05) is 18.5 Å². The van der Waals surface area contributed by atoms with Crippen LogP contribution in [0.2, 0.25) is 5.02 Å². The molecule has 1 fully saturated rings. The molecule has 0 radical (unpaired) electrons. The summed E-state index contributed by atoms with van der Waals surface area (Å²) in [4.78, 5) is 14.2. The minimum Gasteiger partial charge on any atom is -0.339 e. The number of halogens is 1. The van der Waals surface area contributed by atoms with Gasteiger partial charge in [-0.2, -0.15) is 0 Å². The first kappa shape index (κ1) is 12.4. The maximum atomic E-state index is 12.3. The first-order valence-corrected chi connectivity index (χ1v) is 6.51. The summed E-state index contributed by atoms with van der Waals surface area (Å²) in [7, 11) is 0. The minimum absolute atomic E-state index is 0.136. The van der Waals surface area contributed by atoms with E-state index < -0.39 is 0 Å². The van der Waals surface area contributed by atoms with Crippen LogP contribution in [0.4, 0.5) is 0 Å². The molecule has 92 valence electrons. The van der Waals surface area contributed by atoms with E-state index in [-0.39, 0.29) is 5.91 Å². The van der Waals surface area contributed by atoms with Crippen molar-refractivity contribution in [3.05, 3.63) is 34.3 Å². The highest BCUT2D eigenvalue weighted by Gasteiger charge is 2.21. The van der Waals surface area contributed by atoms with E-state index in [1.165, 1.54) is 0 Å². The summed E-state index contributed by atoms with van der Waals surface area (Å²) < 4.78 is 0. The fourth-order valence-electron chi connectivity index (χ4n) is 2.17. The van der Waals surface area contributed by atoms with Crippen LogP contribution in [0.15, 0.2) is 18.2 Å². The number of hydrogen-bond acceptors (Lipinski definition) is 1. The number of piperidine rings is 1. The monoisotopic (exact) mass is 251 g/mol. The third-order valence-electron chi connectivity index (χ3n) is 3.48. The second-order valence-corrected chi connectivity index (χ2v) is 5.35. The van der Waals surface area contributed by atoms with Crippen molar-refractivity contribution >= 4 is 17.5 Å². The molecule has 2 nitrogen and oxygen atoms in total. The van der Waals surface area contributed by atoms with Crippen molar-refractivity contribution in [1.82, 2.24) is 4.90 Å². The third kappa shape index (κ3) is 2.81. The Labute approximate surface area is 108 Å². The number of likely N-dealkylation sites (tertiary alicyclic amines) is 1. The molecular weight excluding hydrogens is 234 g/mol. The van der Waals surface area contributed by atoms with Gasteiger partial charge in [0.1, 0.15) is 0 Å². The average Bonchev–Trinajstić information content (AvgIpc) is 2.33. The van der Waals surface area contributed by atoms with Crippen LogP contribution in [-0.2, 0) is 0 Å². The van der Waals surface area contributed by atoms with Crippen molar-refractivity contribution in [3.63, 3.8) is 0 Å². The number of amides is 1. The number of benzene rings is 1. The molecule has 0 bridgehead atoms. The van der Waals surface area contributed by atoms with E-state index in [2.05, 4.69) is 6.92 Å². The van der Waals surface area contributed by atoms with Gasteiger partial charge in [-0.3, -0.25) is 4.79 Å². The fourth-order valence-corrected chi connectivity index (χ4v) is 2.29. The van der Waals surface area contributed by atoms with E-state index in [0.717, 1.165) is 43.0 Å². The molecule has 0 atom stereocenters. The molecule has 1 aromatic carbocycles. The minimum atomic E-state index is 0.136. The zero-order chi connectivity index (χ0) is 12.4. The predicted molar refractivity (Wildman–Crippen MR) is 70.5 cm³/mol. The Morgan fingerprint density at radius 3 is 2.59 bits per heavy atom. The predicted octanol–water partition coefficient (Wildman–Crippen LogP) is 3.52. The molecule has 1 heterocycles. The Morgan fingerprint density at radius 2 is 2.00 bits per heavy atom. The number of nitrogens with zero attached hydrogens (tertiary/aromatic N) is 1. The third-order valence-corrected chi connectivity index (χ3v) is 3.90. The Bertz CT molecular complexity index is 422. The molecule has 1 aliphatic rings. The molecule has 17 heavy (non-hydrogen) atoms. The molecular formula is C14H18ClNO. The van der Waals surface area contributed by atoms with Gasteiger partial charge in [-0.25, -0.2) is 0 Å². The Morgan fingerprint density at radius 1 is 1.35 bits per heavy atom. The van der Waals surface area contributed by atoms with E-state index in [9.17, 15) is 4.79 Å². The van der Waals surface area contributed by atoms with Crippen LogP contribution in [0, 0.1) is 12.8 Å². The second-order valence-electron chi connectivity index (χ2n) is 4.94. The fraction of sp³-hybridized carbons (Fsp3) is 0.500. The van der Waals surface area contributed by atoms with Crippen LogP contribution in [0.1, 0.15) is 35.7 Å². The standard InChI is InChI=1S/C14H18ClNO/c1-10-5-7-16(8-6-10)14(17)12-3-4-13(15)11(2)9-12/h3-4,9-10H,5-8H2,1-2H3. The van der Waals surface area contributed by atoms with Gasteiger partial charge in [0.05, 0.1) is 0 Å². The molecule has 1 amide bonds. The van der Waals surface area contributed by atoms with Crippen molar-refractivity contribution in [2.24, 2.45) is 5.92 Å². The zero-order valence-electron chi connectivity index (χ0n) is 10.4. The topological polar surface area (TPSA) is 20.3 Å². The van der Waals surface area contributed by atoms with Gasteiger partial charge in [0.2, 0.25) is 0 Å². The molecule has 1 saturated heterocycles. The highest BCUT2D eigenvalue weighted by atomic mass is 35.5. The molecule has 0 unspecified atom stereocenters. The lowest BCUT2D eigenvalue weighted by molar-refractivity contribution is 0.0697. The van der Waals surface area contributed by atoms with Gasteiger partial charge in [-0.05, 0) is 49.4 Å². The van der Waals surface area contributed by atoms with Crippen molar-refractivity contribution in [2.45, 2.75) is 26.7 Å². The molecule has 0 aliphatic carbocycles. The van der Waals surface area contributed by atoms with E-state index >= 15 is 0 Å². The van der Waals surface area contributed by atoms with E-state index in [1.807, 2.05) is 24.0 Å². The summed E-state index contributed by atoms with van der Waals surface area (Å²) >= 11 is 5.97. The molecule has 0 aromatic heterocycles. The van der Waals surface area contributed by atoms with Crippen molar-refractivity contribution in [2.75, 3.05) is 13.1 Å². The number of carbonyl (C=O) groups is 1. The zero-order valence-corrected chi connectivity index (χ0v) is 11.1. The van der Waals surface area contributed by atoms with Crippen molar-refractivity contribution in [3.8, 4) is 0 Å². The van der Waals surface area contributed by atoms with Crippen molar-refractivity contribution in [1.29, 1.82) is 0 Å². The average molecular weight is 252 g/mol. The van der Waals surface area contributed by atoms with Gasteiger partial charge in [0, 0.05) is 23.7 Å². The molecule has 2 rings (SSSR count). The van der Waals surface area contributed by atoms with Crippen molar-refractivity contribution < 1.29 is 4.79 Å². The normalized spacial score (nSPS) is 17.2. The lowest BCUT2D eigenvalue weighted by atomic mass is 9.98. The summed E-state index contributed by atoms with van der Waals surface area (Å²) in [5.74, 6) is 0.877.